The van der Waals surface area contributed by atoms with Crippen molar-refractivity contribution in [2.75, 3.05) is 20.1 Å². The number of rotatable bonds is 3. The number of hydrogen-bond donors (Lipinski definition) is 2. The van der Waals surface area contributed by atoms with Gasteiger partial charge in [0.25, 0.3) is 0 Å². The highest BCUT2D eigenvalue weighted by Crippen LogP contribution is 2.15. The van der Waals surface area contributed by atoms with Crippen LogP contribution in [0.2, 0.25) is 0 Å². The first-order valence-electron chi connectivity index (χ1n) is 6.50. The molecule has 3 N–H and O–H groups in total. The van der Waals surface area contributed by atoms with Gasteiger partial charge in [-0.15, -0.1) is 0 Å². The molecule has 1 atom stereocenters. The Balaban J connectivity index is 2.14. The quantitative estimate of drug-likeness (QED) is 0.737. The molecule has 0 aliphatic carbocycles. The normalized spacial score (nSPS) is 18.5. The van der Waals surface area contributed by atoms with Gasteiger partial charge in [-0.05, 0) is 30.7 Å². The van der Waals surface area contributed by atoms with Crippen molar-refractivity contribution in [2.24, 2.45) is 5.73 Å². The summed E-state index contributed by atoms with van der Waals surface area (Å²) in [5.41, 5.74) is 5.97. The number of carbonyl (C=O) groups is 1. The SMILES string of the molecule is CN1CCC(NS(=O)(=O)c2ccc(C#CCN)cc2)C1=O. The van der Waals surface area contributed by atoms with Gasteiger partial charge in [0.1, 0.15) is 6.04 Å². The number of sulfonamides is 1. The third-order valence-corrected chi connectivity index (χ3v) is 4.71. The van der Waals surface area contributed by atoms with E-state index in [1.54, 1.807) is 19.2 Å². The Labute approximate surface area is 124 Å². The Kier molecular flexibility index (Phi) is 4.63. The van der Waals surface area contributed by atoms with E-state index in [0.717, 1.165) is 0 Å². The number of likely N-dealkylation sites (N-methyl/N-ethyl adjacent to an activating group) is 1. The Morgan fingerprint density at radius 1 is 1.38 bits per heavy atom. The van der Waals surface area contributed by atoms with Gasteiger partial charge in [-0.3, -0.25) is 4.79 Å². The summed E-state index contributed by atoms with van der Waals surface area (Å²) in [4.78, 5) is 13.4. The van der Waals surface area contributed by atoms with Crippen molar-refractivity contribution in [3.8, 4) is 11.8 Å². The summed E-state index contributed by atoms with van der Waals surface area (Å²) >= 11 is 0. The summed E-state index contributed by atoms with van der Waals surface area (Å²) in [6.45, 7) is 0.804. The van der Waals surface area contributed by atoms with E-state index in [4.69, 9.17) is 5.73 Å². The molecule has 1 amide bonds. The lowest BCUT2D eigenvalue weighted by Crippen LogP contribution is -2.40. The van der Waals surface area contributed by atoms with Crippen LogP contribution in [0.15, 0.2) is 29.2 Å². The minimum atomic E-state index is -3.71. The predicted molar refractivity (Wildman–Crippen MR) is 78.7 cm³/mol. The van der Waals surface area contributed by atoms with E-state index in [1.807, 2.05) is 0 Å². The molecule has 112 valence electrons. The lowest BCUT2D eigenvalue weighted by molar-refractivity contribution is -0.127. The molecule has 1 unspecified atom stereocenters. The number of nitrogens with one attached hydrogen (secondary N) is 1. The maximum atomic E-state index is 12.2. The number of nitrogens with zero attached hydrogens (tertiary/aromatic N) is 1. The van der Waals surface area contributed by atoms with Gasteiger partial charge in [0.05, 0.1) is 11.4 Å². The van der Waals surface area contributed by atoms with Crippen molar-refractivity contribution in [3.63, 3.8) is 0 Å². The van der Waals surface area contributed by atoms with E-state index in [-0.39, 0.29) is 17.3 Å². The van der Waals surface area contributed by atoms with Gasteiger partial charge >= 0.3 is 0 Å². The average molecular weight is 307 g/mol. The van der Waals surface area contributed by atoms with E-state index in [1.165, 1.54) is 17.0 Å². The van der Waals surface area contributed by atoms with E-state index >= 15 is 0 Å². The molecule has 1 aliphatic heterocycles. The molecule has 1 fully saturated rings. The van der Waals surface area contributed by atoms with Crippen molar-refractivity contribution < 1.29 is 13.2 Å². The lowest BCUT2D eigenvalue weighted by atomic mass is 10.2. The van der Waals surface area contributed by atoms with Crippen molar-refractivity contribution >= 4 is 15.9 Å². The molecule has 6 nitrogen and oxygen atoms in total. The van der Waals surface area contributed by atoms with Crippen LogP contribution in [0.3, 0.4) is 0 Å². The number of amides is 1. The van der Waals surface area contributed by atoms with E-state index in [0.29, 0.717) is 18.5 Å². The van der Waals surface area contributed by atoms with Gasteiger partial charge in [0.15, 0.2) is 0 Å². The maximum Gasteiger partial charge on any atom is 0.241 e. The van der Waals surface area contributed by atoms with Crippen molar-refractivity contribution in [2.45, 2.75) is 17.4 Å². The van der Waals surface area contributed by atoms with Crippen molar-refractivity contribution in [1.82, 2.24) is 9.62 Å². The number of benzene rings is 1. The maximum absolute atomic E-state index is 12.2. The molecule has 1 aromatic carbocycles. The highest BCUT2D eigenvalue weighted by atomic mass is 32.2. The Morgan fingerprint density at radius 2 is 2.05 bits per heavy atom. The molecule has 0 spiro atoms. The summed E-state index contributed by atoms with van der Waals surface area (Å²) in [6, 6.07) is 5.47. The largest absolute Gasteiger partial charge is 0.344 e. The zero-order valence-corrected chi connectivity index (χ0v) is 12.5. The van der Waals surface area contributed by atoms with Gasteiger partial charge in [0, 0.05) is 19.2 Å². The minimum absolute atomic E-state index is 0.114. The van der Waals surface area contributed by atoms with E-state index in [2.05, 4.69) is 16.6 Å². The molecule has 0 aromatic heterocycles. The second kappa shape index (κ2) is 6.26. The van der Waals surface area contributed by atoms with Crippen LogP contribution in [0.5, 0.6) is 0 Å². The van der Waals surface area contributed by atoms with Gasteiger partial charge in [0.2, 0.25) is 15.9 Å². The fourth-order valence-electron chi connectivity index (χ4n) is 2.06. The number of carbonyl (C=O) groups excluding carboxylic acids is 1. The van der Waals surface area contributed by atoms with Crippen molar-refractivity contribution in [1.29, 1.82) is 0 Å². The zero-order valence-electron chi connectivity index (χ0n) is 11.7. The molecule has 1 saturated heterocycles. The standard InChI is InChI=1S/C14H17N3O3S/c1-17-10-8-13(14(17)18)16-21(19,20)12-6-4-11(5-7-12)3-2-9-15/h4-7,13,16H,8-10,15H2,1H3. The third kappa shape index (κ3) is 3.61. The molecular formula is C14H17N3O3S. The molecule has 0 saturated carbocycles. The molecule has 0 bridgehead atoms. The molecule has 7 heteroatoms. The van der Waals surface area contributed by atoms with E-state index < -0.39 is 16.1 Å². The Morgan fingerprint density at radius 3 is 2.57 bits per heavy atom. The van der Waals surface area contributed by atoms with Crippen LogP contribution in [0, 0.1) is 11.8 Å². The first kappa shape index (κ1) is 15.5. The van der Waals surface area contributed by atoms with Crippen LogP contribution in [0.1, 0.15) is 12.0 Å². The first-order valence-corrected chi connectivity index (χ1v) is 7.98. The molecule has 0 radical (unpaired) electrons. The minimum Gasteiger partial charge on any atom is -0.344 e. The van der Waals surface area contributed by atoms with E-state index in [9.17, 15) is 13.2 Å². The van der Waals surface area contributed by atoms with Crippen LogP contribution in [-0.4, -0.2) is 45.4 Å². The molecule has 1 aliphatic rings. The predicted octanol–water partition coefficient (Wildman–Crippen LogP) is -0.494. The Hall–Kier alpha value is -1.88. The van der Waals surface area contributed by atoms with Gasteiger partial charge in [-0.25, -0.2) is 8.42 Å². The zero-order chi connectivity index (χ0) is 15.5. The van der Waals surface area contributed by atoms with Crippen LogP contribution < -0.4 is 10.5 Å². The van der Waals surface area contributed by atoms with Gasteiger partial charge in [-0.2, -0.15) is 4.72 Å². The highest BCUT2D eigenvalue weighted by Gasteiger charge is 2.32. The summed E-state index contributed by atoms with van der Waals surface area (Å²) in [5, 5.41) is 0. The summed E-state index contributed by atoms with van der Waals surface area (Å²) < 4.78 is 26.9. The van der Waals surface area contributed by atoms with Gasteiger partial charge < -0.3 is 10.6 Å². The highest BCUT2D eigenvalue weighted by molar-refractivity contribution is 7.89. The lowest BCUT2D eigenvalue weighted by Gasteiger charge is -2.12. The monoisotopic (exact) mass is 307 g/mol. The number of likely N-dealkylation sites (tertiary alicyclic amines) is 1. The third-order valence-electron chi connectivity index (χ3n) is 3.22. The average Bonchev–Trinajstić information content (AvgIpc) is 2.77. The molecular weight excluding hydrogens is 290 g/mol. The first-order chi connectivity index (χ1) is 9.94. The van der Waals surface area contributed by atoms with Crippen LogP contribution in [-0.2, 0) is 14.8 Å². The van der Waals surface area contributed by atoms with Crippen molar-refractivity contribution in [3.05, 3.63) is 29.8 Å². The molecule has 2 rings (SSSR count). The molecule has 1 aromatic rings. The topological polar surface area (TPSA) is 92.5 Å². The molecule has 21 heavy (non-hydrogen) atoms. The fraction of sp³-hybridized carbons (Fsp3) is 0.357. The van der Waals surface area contributed by atoms with Gasteiger partial charge in [-0.1, -0.05) is 11.8 Å². The summed E-state index contributed by atoms with van der Waals surface area (Å²) in [7, 11) is -2.05. The number of hydrogen-bond acceptors (Lipinski definition) is 4. The Bertz CT molecular complexity index is 686. The smallest absolute Gasteiger partial charge is 0.241 e. The van der Waals surface area contributed by atoms with Crippen LogP contribution >= 0.6 is 0 Å². The summed E-state index contributed by atoms with van der Waals surface area (Å²) in [6.07, 6.45) is 0.481. The number of nitrogens with two attached hydrogens (primary N) is 1. The summed E-state index contributed by atoms with van der Waals surface area (Å²) in [5.74, 6) is 5.31. The second-order valence-corrected chi connectivity index (χ2v) is 6.47. The fourth-order valence-corrected chi connectivity index (χ4v) is 3.28. The van der Waals surface area contributed by atoms with Crippen LogP contribution in [0.4, 0.5) is 0 Å². The second-order valence-electron chi connectivity index (χ2n) is 4.75. The molecule has 1 heterocycles. The van der Waals surface area contributed by atoms with Crippen LogP contribution in [0.25, 0.3) is 0 Å².